The fourth-order valence-electron chi connectivity index (χ4n) is 3.20. The summed E-state index contributed by atoms with van der Waals surface area (Å²) < 4.78 is 5.28. The number of carbonyl (C=O) groups excluding carboxylic acids is 1. The Hall–Kier alpha value is -0.770. The van der Waals surface area contributed by atoms with E-state index in [1.54, 1.807) is 0 Å². The Morgan fingerprint density at radius 1 is 1.12 bits per heavy atom. The molecule has 0 spiro atoms. The van der Waals surface area contributed by atoms with Gasteiger partial charge < -0.3 is 9.64 Å². The van der Waals surface area contributed by atoms with E-state index in [0.29, 0.717) is 18.1 Å². The molecular formula is C13H24N2O2. The van der Waals surface area contributed by atoms with Crippen LogP contribution in [0, 0.1) is 0 Å². The highest BCUT2D eigenvalue weighted by molar-refractivity contribution is 5.68. The van der Waals surface area contributed by atoms with E-state index in [1.165, 1.54) is 12.8 Å². The summed E-state index contributed by atoms with van der Waals surface area (Å²) in [6.07, 6.45) is 2.27. The van der Waals surface area contributed by atoms with Gasteiger partial charge in [0.2, 0.25) is 0 Å². The first-order valence-electron chi connectivity index (χ1n) is 6.72. The lowest BCUT2D eigenvalue weighted by Gasteiger charge is -2.42. The zero-order valence-electron chi connectivity index (χ0n) is 11.3. The van der Waals surface area contributed by atoms with Gasteiger partial charge in [-0.2, -0.15) is 0 Å². The summed E-state index contributed by atoms with van der Waals surface area (Å²) in [6, 6.07) is 1.65. The molecule has 4 heteroatoms. The molecule has 0 aromatic heterocycles. The zero-order valence-corrected chi connectivity index (χ0v) is 11.3. The van der Waals surface area contributed by atoms with Crippen molar-refractivity contribution < 1.29 is 9.53 Å². The molecule has 2 aliphatic rings. The maximum Gasteiger partial charge on any atom is 0.410 e. The maximum absolute atomic E-state index is 11.9. The highest BCUT2D eigenvalue weighted by Gasteiger charge is 2.42. The van der Waals surface area contributed by atoms with Crippen LogP contribution in [-0.4, -0.2) is 53.2 Å². The number of carbonyl (C=O) groups is 1. The van der Waals surface area contributed by atoms with Gasteiger partial charge in [0.15, 0.2) is 0 Å². The van der Waals surface area contributed by atoms with Crippen molar-refractivity contribution in [2.75, 3.05) is 13.1 Å². The van der Waals surface area contributed by atoms with Crippen molar-refractivity contribution in [1.82, 2.24) is 9.80 Å². The van der Waals surface area contributed by atoms with Gasteiger partial charge >= 0.3 is 6.09 Å². The Morgan fingerprint density at radius 2 is 1.65 bits per heavy atom. The lowest BCUT2D eigenvalue weighted by atomic mass is 10.1. The van der Waals surface area contributed by atoms with Crippen molar-refractivity contribution in [3.8, 4) is 0 Å². The van der Waals surface area contributed by atoms with Crippen LogP contribution in [-0.2, 0) is 4.74 Å². The molecule has 0 saturated carbocycles. The van der Waals surface area contributed by atoms with Crippen LogP contribution < -0.4 is 0 Å². The van der Waals surface area contributed by atoms with Crippen LogP contribution in [0.5, 0.6) is 0 Å². The van der Waals surface area contributed by atoms with E-state index in [0.717, 1.165) is 13.1 Å². The van der Waals surface area contributed by atoms with Gasteiger partial charge in [0.1, 0.15) is 0 Å². The Bertz CT molecular complexity index is 277. The normalized spacial score (nSPS) is 29.2. The summed E-state index contributed by atoms with van der Waals surface area (Å²) in [4.78, 5) is 16.3. The lowest BCUT2D eigenvalue weighted by molar-refractivity contribution is 0.0216. The third-order valence-electron chi connectivity index (χ3n) is 3.73. The van der Waals surface area contributed by atoms with Crippen LogP contribution in [0.25, 0.3) is 0 Å². The molecule has 4 nitrogen and oxygen atoms in total. The molecule has 0 unspecified atom stereocenters. The second-order valence-electron chi connectivity index (χ2n) is 5.76. The van der Waals surface area contributed by atoms with Gasteiger partial charge in [-0.3, -0.25) is 4.90 Å². The first-order valence-corrected chi connectivity index (χ1v) is 6.72. The predicted molar refractivity (Wildman–Crippen MR) is 67.0 cm³/mol. The number of hydrogen-bond donors (Lipinski definition) is 0. The highest BCUT2D eigenvalue weighted by atomic mass is 16.6. The molecule has 1 amide bonds. The van der Waals surface area contributed by atoms with Crippen LogP contribution in [0.2, 0.25) is 0 Å². The SMILES string of the molecule is CC(C)OC(=O)N1C[C@H]2CC[C@@H](C1)N2C(C)C. The number of amides is 1. The van der Waals surface area contributed by atoms with Crippen molar-refractivity contribution in [1.29, 1.82) is 0 Å². The van der Waals surface area contributed by atoms with Crippen LogP contribution >= 0.6 is 0 Å². The highest BCUT2D eigenvalue weighted by Crippen LogP contribution is 2.32. The van der Waals surface area contributed by atoms with Crippen molar-refractivity contribution in [3.05, 3.63) is 0 Å². The number of fused-ring (bicyclic) bond motifs is 2. The Balaban J connectivity index is 1.97. The fourth-order valence-corrected chi connectivity index (χ4v) is 3.20. The Labute approximate surface area is 104 Å². The molecule has 98 valence electrons. The van der Waals surface area contributed by atoms with Crippen molar-refractivity contribution in [2.45, 2.75) is 64.8 Å². The van der Waals surface area contributed by atoms with E-state index in [1.807, 2.05) is 18.7 Å². The van der Waals surface area contributed by atoms with Gasteiger partial charge in [0.05, 0.1) is 6.10 Å². The molecule has 2 bridgehead atoms. The summed E-state index contributed by atoms with van der Waals surface area (Å²) in [5, 5.41) is 0. The number of piperazine rings is 1. The van der Waals surface area contributed by atoms with Crippen molar-refractivity contribution in [3.63, 3.8) is 0 Å². The van der Waals surface area contributed by atoms with Gasteiger partial charge in [-0.05, 0) is 40.5 Å². The number of likely N-dealkylation sites (tertiary alicyclic amines) is 1. The van der Waals surface area contributed by atoms with Gasteiger partial charge in [0, 0.05) is 31.2 Å². The third kappa shape index (κ3) is 2.57. The van der Waals surface area contributed by atoms with Crippen LogP contribution in [0.1, 0.15) is 40.5 Å². The molecule has 2 atom stereocenters. The number of ether oxygens (including phenoxy) is 1. The fraction of sp³-hybridized carbons (Fsp3) is 0.923. The minimum Gasteiger partial charge on any atom is -0.447 e. The van der Waals surface area contributed by atoms with E-state index >= 15 is 0 Å². The van der Waals surface area contributed by atoms with Gasteiger partial charge in [-0.25, -0.2) is 4.79 Å². The number of nitrogens with zero attached hydrogens (tertiary/aromatic N) is 2. The molecule has 2 aliphatic heterocycles. The minimum atomic E-state index is -0.139. The molecule has 0 aromatic rings. The summed E-state index contributed by atoms with van der Waals surface area (Å²) in [5.74, 6) is 0. The molecule has 17 heavy (non-hydrogen) atoms. The topological polar surface area (TPSA) is 32.8 Å². The Morgan fingerprint density at radius 3 is 2.06 bits per heavy atom. The first kappa shape index (κ1) is 12.7. The smallest absolute Gasteiger partial charge is 0.410 e. The molecule has 0 radical (unpaired) electrons. The van der Waals surface area contributed by atoms with E-state index < -0.39 is 0 Å². The average molecular weight is 240 g/mol. The summed E-state index contributed by atoms with van der Waals surface area (Å²) in [5.41, 5.74) is 0. The first-order chi connectivity index (χ1) is 7.99. The zero-order chi connectivity index (χ0) is 12.6. The molecule has 0 aliphatic carbocycles. The van der Waals surface area contributed by atoms with Gasteiger partial charge in [-0.15, -0.1) is 0 Å². The van der Waals surface area contributed by atoms with Crippen LogP contribution in [0.3, 0.4) is 0 Å². The standard InChI is InChI=1S/C13H24N2O2/c1-9(2)15-11-5-6-12(15)8-14(7-11)13(16)17-10(3)4/h9-12H,5-8H2,1-4H3/t11-,12+. The van der Waals surface area contributed by atoms with Crippen molar-refractivity contribution in [2.24, 2.45) is 0 Å². The predicted octanol–water partition coefficient (Wildman–Crippen LogP) is 2.09. The molecule has 2 rings (SSSR count). The summed E-state index contributed by atoms with van der Waals surface area (Å²) in [7, 11) is 0. The van der Waals surface area contributed by atoms with E-state index in [9.17, 15) is 4.79 Å². The molecule has 0 aromatic carbocycles. The number of rotatable bonds is 2. The third-order valence-corrected chi connectivity index (χ3v) is 3.73. The largest absolute Gasteiger partial charge is 0.447 e. The van der Waals surface area contributed by atoms with Gasteiger partial charge in [0.25, 0.3) is 0 Å². The monoisotopic (exact) mass is 240 g/mol. The maximum atomic E-state index is 11.9. The van der Waals surface area contributed by atoms with E-state index in [4.69, 9.17) is 4.74 Å². The van der Waals surface area contributed by atoms with Gasteiger partial charge in [-0.1, -0.05) is 0 Å². The minimum absolute atomic E-state index is 0.0247. The second kappa shape index (κ2) is 4.84. The summed E-state index contributed by atoms with van der Waals surface area (Å²) in [6.45, 7) is 9.95. The molecular weight excluding hydrogens is 216 g/mol. The molecule has 0 N–H and O–H groups in total. The van der Waals surface area contributed by atoms with E-state index in [2.05, 4.69) is 18.7 Å². The summed E-state index contributed by atoms with van der Waals surface area (Å²) >= 11 is 0. The lowest BCUT2D eigenvalue weighted by Crippen LogP contribution is -2.57. The average Bonchev–Trinajstić information content (AvgIpc) is 2.49. The molecule has 2 heterocycles. The van der Waals surface area contributed by atoms with Crippen molar-refractivity contribution >= 4 is 6.09 Å². The molecule has 2 saturated heterocycles. The Kier molecular flexibility index (Phi) is 3.61. The van der Waals surface area contributed by atoms with Crippen LogP contribution in [0.15, 0.2) is 0 Å². The van der Waals surface area contributed by atoms with Crippen LogP contribution in [0.4, 0.5) is 4.79 Å². The van der Waals surface area contributed by atoms with E-state index in [-0.39, 0.29) is 12.2 Å². The second-order valence-corrected chi connectivity index (χ2v) is 5.76. The quantitative estimate of drug-likeness (QED) is 0.741. The number of hydrogen-bond acceptors (Lipinski definition) is 3. The molecule has 2 fully saturated rings.